The molecule has 21 heavy (non-hydrogen) atoms. The minimum Gasteiger partial charge on any atom is -0.495 e. The van der Waals surface area contributed by atoms with Crippen molar-refractivity contribution in [1.82, 2.24) is 4.98 Å². The number of rotatable bonds is 5. The number of amides is 1. The number of hydrogen-bond acceptors (Lipinski definition) is 5. The average molecular weight is 326 g/mol. The van der Waals surface area contributed by atoms with Crippen LogP contribution in [0.15, 0.2) is 23.6 Å². The largest absolute Gasteiger partial charge is 0.495 e. The Hall–Kier alpha value is -1.79. The summed E-state index contributed by atoms with van der Waals surface area (Å²) in [6, 6.07) is 5.33. The summed E-state index contributed by atoms with van der Waals surface area (Å²) < 4.78 is 5.07. The first-order valence-corrected chi connectivity index (χ1v) is 7.62. The zero-order chi connectivity index (χ0) is 15.4. The zero-order valence-electron chi connectivity index (χ0n) is 11.9. The highest BCUT2D eigenvalue weighted by Gasteiger charge is 2.12. The van der Waals surface area contributed by atoms with Crippen LogP contribution in [0.1, 0.15) is 24.3 Å². The van der Waals surface area contributed by atoms with Gasteiger partial charge in [-0.05, 0) is 32.0 Å². The SMILES string of the molecule is COc1ccc(NC(=O)c2csc(NC(C)C)n2)cc1Cl. The van der Waals surface area contributed by atoms with Crippen molar-refractivity contribution in [1.29, 1.82) is 0 Å². The van der Waals surface area contributed by atoms with Crippen LogP contribution in [0.2, 0.25) is 5.02 Å². The molecule has 1 amide bonds. The van der Waals surface area contributed by atoms with Gasteiger partial charge in [0.25, 0.3) is 5.91 Å². The molecule has 0 unspecified atom stereocenters. The Labute approximate surface area is 132 Å². The normalized spacial score (nSPS) is 10.5. The molecule has 0 aliphatic rings. The van der Waals surface area contributed by atoms with Gasteiger partial charge in [-0.15, -0.1) is 11.3 Å². The number of thiazole rings is 1. The fraction of sp³-hybridized carbons (Fsp3) is 0.286. The third-order valence-electron chi connectivity index (χ3n) is 2.56. The molecule has 7 heteroatoms. The summed E-state index contributed by atoms with van der Waals surface area (Å²) in [6.07, 6.45) is 0. The van der Waals surface area contributed by atoms with E-state index in [4.69, 9.17) is 16.3 Å². The van der Waals surface area contributed by atoms with Gasteiger partial charge in [-0.25, -0.2) is 4.98 Å². The Kier molecular flexibility index (Phi) is 5.03. The molecule has 5 nitrogen and oxygen atoms in total. The number of hydrogen-bond donors (Lipinski definition) is 2. The minimum absolute atomic E-state index is 0.271. The van der Waals surface area contributed by atoms with Crippen LogP contribution < -0.4 is 15.4 Å². The van der Waals surface area contributed by atoms with E-state index in [9.17, 15) is 4.79 Å². The topological polar surface area (TPSA) is 63.2 Å². The molecule has 0 bridgehead atoms. The molecule has 0 saturated heterocycles. The molecule has 2 N–H and O–H groups in total. The van der Waals surface area contributed by atoms with E-state index < -0.39 is 0 Å². The molecular weight excluding hydrogens is 310 g/mol. The van der Waals surface area contributed by atoms with Crippen molar-refractivity contribution in [3.8, 4) is 5.75 Å². The highest BCUT2D eigenvalue weighted by molar-refractivity contribution is 7.13. The first-order valence-electron chi connectivity index (χ1n) is 6.36. The molecular formula is C14H16ClN3O2S. The van der Waals surface area contributed by atoms with E-state index in [2.05, 4.69) is 15.6 Å². The molecule has 112 valence electrons. The fourth-order valence-corrected chi connectivity index (χ4v) is 2.73. The monoisotopic (exact) mass is 325 g/mol. The number of anilines is 2. The summed E-state index contributed by atoms with van der Waals surface area (Å²) in [5.74, 6) is 0.288. The lowest BCUT2D eigenvalue weighted by molar-refractivity contribution is 0.102. The molecule has 0 saturated carbocycles. The van der Waals surface area contributed by atoms with Gasteiger partial charge in [0.05, 0.1) is 12.1 Å². The number of nitrogens with zero attached hydrogens (tertiary/aromatic N) is 1. The molecule has 1 aromatic carbocycles. The van der Waals surface area contributed by atoms with Crippen molar-refractivity contribution in [2.24, 2.45) is 0 Å². The average Bonchev–Trinajstić information content (AvgIpc) is 2.86. The Morgan fingerprint density at radius 3 is 2.81 bits per heavy atom. The van der Waals surface area contributed by atoms with E-state index in [-0.39, 0.29) is 11.9 Å². The van der Waals surface area contributed by atoms with E-state index in [1.54, 1.807) is 23.6 Å². The van der Waals surface area contributed by atoms with E-state index in [0.29, 0.717) is 22.2 Å². The van der Waals surface area contributed by atoms with E-state index >= 15 is 0 Å². The Bertz CT molecular complexity index is 643. The van der Waals surface area contributed by atoms with Gasteiger partial charge in [0.2, 0.25) is 0 Å². The number of ether oxygens (including phenoxy) is 1. The third-order valence-corrected chi connectivity index (χ3v) is 3.63. The maximum atomic E-state index is 12.1. The predicted molar refractivity (Wildman–Crippen MR) is 86.8 cm³/mol. The number of nitrogens with one attached hydrogen (secondary N) is 2. The molecule has 0 atom stereocenters. The van der Waals surface area contributed by atoms with E-state index in [1.165, 1.54) is 18.4 Å². The lowest BCUT2D eigenvalue weighted by Gasteiger charge is -2.07. The molecule has 2 aromatic rings. The quantitative estimate of drug-likeness (QED) is 0.875. The van der Waals surface area contributed by atoms with Gasteiger partial charge < -0.3 is 15.4 Å². The summed E-state index contributed by atoms with van der Waals surface area (Å²) >= 11 is 7.42. The van der Waals surface area contributed by atoms with Gasteiger partial charge >= 0.3 is 0 Å². The van der Waals surface area contributed by atoms with Crippen LogP contribution in [-0.4, -0.2) is 24.0 Å². The Morgan fingerprint density at radius 1 is 1.43 bits per heavy atom. The second-order valence-corrected chi connectivity index (χ2v) is 5.91. The highest BCUT2D eigenvalue weighted by atomic mass is 35.5. The van der Waals surface area contributed by atoms with Crippen molar-refractivity contribution in [3.63, 3.8) is 0 Å². The number of carbonyl (C=O) groups is 1. The van der Waals surface area contributed by atoms with Gasteiger partial charge in [-0.1, -0.05) is 11.6 Å². The maximum absolute atomic E-state index is 12.1. The summed E-state index contributed by atoms with van der Waals surface area (Å²) in [5, 5.41) is 8.79. The summed E-state index contributed by atoms with van der Waals surface area (Å²) in [6.45, 7) is 4.03. The summed E-state index contributed by atoms with van der Waals surface area (Å²) in [7, 11) is 1.54. The molecule has 1 heterocycles. The number of aromatic nitrogens is 1. The van der Waals surface area contributed by atoms with Crippen molar-refractivity contribution < 1.29 is 9.53 Å². The van der Waals surface area contributed by atoms with Gasteiger partial charge in [-0.3, -0.25) is 4.79 Å². The third kappa shape index (κ3) is 4.09. The summed E-state index contributed by atoms with van der Waals surface area (Å²) in [4.78, 5) is 16.4. The molecule has 0 spiro atoms. The molecule has 0 aliphatic heterocycles. The van der Waals surface area contributed by atoms with Crippen LogP contribution in [0.5, 0.6) is 5.75 Å². The molecule has 0 aliphatic carbocycles. The first-order chi connectivity index (χ1) is 9.99. The van der Waals surface area contributed by atoms with Crippen molar-refractivity contribution in [2.45, 2.75) is 19.9 Å². The second-order valence-electron chi connectivity index (χ2n) is 4.64. The Morgan fingerprint density at radius 2 is 2.19 bits per heavy atom. The van der Waals surface area contributed by atoms with Gasteiger partial charge in [0.1, 0.15) is 11.4 Å². The first kappa shape index (κ1) is 15.6. The van der Waals surface area contributed by atoms with Crippen molar-refractivity contribution in [3.05, 3.63) is 34.3 Å². The van der Waals surface area contributed by atoms with Crippen LogP contribution in [0.4, 0.5) is 10.8 Å². The predicted octanol–water partition coefficient (Wildman–Crippen LogP) is 3.88. The van der Waals surface area contributed by atoms with Crippen molar-refractivity contribution in [2.75, 3.05) is 17.7 Å². The van der Waals surface area contributed by atoms with Gasteiger partial charge in [-0.2, -0.15) is 0 Å². The van der Waals surface area contributed by atoms with Gasteiger partial charge in [0, 0.05) is 17.1 Å². The Balaban J connectivity index is 2.07. The minimum atomic E-state index is -0.274. The molecule has 0 radical (unpaired) electrons. The summed E-state index contributed by atoms with van der Waals surface area (Å²) in [5.41, 5.74) is 0.965. The van der Waals surface area contributed by atoms with Crippen LogP contribution in [-0.2, 0) is 0 Å². The standard InChI is InChI=1S/C14H16ClN3O2S/c1-8(2)16-14-18-11(7-21-14)13(19)17-9-4-5-12(20-3)10(15)6-9/h4-8H,1-3H3,(H,16,18)(H,17,19). The highest BCUT2D eigenvalue weighted by Crippen LogP contribution is 2.27. The number of methoxy groups -OCH3 is 1. The van der Waals surface area contributed by atoms with Gasteiger partial charge in [0.15, 0.2) is 5.13 Å². The maximum Gasteiger partial charge on any atom is 0.275 e. The lowest BCUT2D eigenvalue weighted by Crippen LogP contribution is -2.13. The fourth-order valence-electron chi connectivity index (χ4n) is 1.63. The van der Waals surface area contributed by atoms with E-state index in [1.807, 2.05) is 13.8 Å². The number of halogens is 1. The molecule has 2 rings (SSSR count). The van der Waals surface area contributed by atoms with Crippen LogP contribution in [0.3, 0.4) is 0 Å². The van der Waals surface area contributed by atoms with Crippen LogP contribution >= 0.6 is 22.9 Å². The second kappa shape index (κ2) is 6.78. The molecule has 1 aromatic heterocycles. The van der Waals surface area contributed by atoms with Crippen molar-refractivity contribution >= 4 is 39.7 Å². The number of benzene rings is 1. The van der Waals surface area contributed by atoms with Crippen LogP contribution in [0, 0.1) is 0 Å². The zero-order valence-corrected chi connectivity index (χ0v) is 13.5. The van der Waals surface area contributed by atoms with E-state index in [0.717, 1.165) is 5.13 Å². The number of carbonyl (C=O) groups excluding carboxylic acids is 1. The smallest absolute Gasteiger partial charge is 0.275 e. The van der Waals surface area contributed by atoms with Crippen LogP contribution in [0.25, 0.3) is 0 Å². The lowest BCUT2D eigenvalue weighted by atomic mass is 10.3. The molecule has 0 fully saturated rings.